The van der Waals surface area contributed by atoms with E-state index in [-0.39, 0.29) is 35.8 Å². The fourth-order valence-corrected chi connectivity index (χ4v) is 5.43. The van der Waals surface area contributed by atoms with Crippen LogP contribution in [-0.2, 0) is 11.3 Å². The van der Waals surface area contributed by atoms with Crippen molar-refractivity contribution in [2.24, 2.45) is 0 Å². The Balaban J connectivity index is 1.56. The van der Waals surface area contributed by atoms with Crippen molar-refractivity contribution in [2.75, 3.05) is 51.8 Å². The highest BCUT2D eigenvalue weighted by Crippen LogP contribution is 2.29. The molecule has 2 aliphatic heterocycles. The molecule has 4 heterocycles. The molecule has 2 fully saturated rings. The molecule has 1 aromatic carbocycles. The van der Waals surface area contributed by atoms with Crippen molar-refractivity contribution in [2.45, 2.75) is 51.9 Å². The Kier molecular flexibility index (Phi) is 7.76. The van der Waals surface area contributed by atoms with E-state index in [0.29, 0.717) is 30.5 Å². The minimum atomic E-state index is -0.691. The van der Waals surface area contributed by atoms with E-state index in [0.717, 1.165) is 49.1 Å². The minimum absolute atomic E-state index is 0.00611. The van der Waals surface area contributed by atoms with Crippen molar-refractivity contribution in [1.29, 1.82) is 0 Å². The fraction of sp³-hybridized carbons (Fsp3) is 0.536. The average Bonchev–Trinajstić information content (AvgIpc) is 2.90. The first-order valence-corrected chi connectivity index (χ1v) is 13.4. The molecule has 3 aromatic rings. The number of ether oxygens (including phenoxy) is 1. The molecule has 0 radical (unpaired) electrons. The predicted molar refractivity (Wildman–Crippen MR) is 146 cm³/mol. The number of rotatable bonds is 6. The molecule has 2 aliphatic rings. The number of fused-ring (bicyclic) bond motifs is 1. The second kappa shape index (κ2) is 11.1. The third kappa shape index (κ3) is 5.31. The summed E-state index contributed by atoms with van der Waals surface area (Å²) in [6, 6.07) is 5.20. The second-order valence-electron chi connectivity index (χ2n) is 10.7. The van der Waals surface area contributed by atoms with Gasteiger partial charge in [0.15, 0.2) is 11.2 Å². The Bertz CT molecular complexity index is 1370. The van der Waals surface area contributed by atoms with Crippen molar-refractivity contribution >= 4 is 16.9 Å². The van der Waals surface area contributed by atoms with Gasteiger partial charge >= 0.3 is 0 Å². The topological polar surface area (TPSA) is 95.8 Å². The van der Waals surface area contributed by atoms with E-state index in [9.17, 15) is 9.90 Å². The maximum atomic E-state index is 15.0. The number of hydrogen-bond donors (Lipinski definition) is 2. The zero-order chi connectivity index (χ0) is 27.0. The standard InChI is InChI=1S/C28H37FN6O3/c1-17(2)35-23-13-19(26-21(29)14-30-28(32-26)31-22-7-12-38-16-25(22)36)5-6-20(23)27(37)18(3)24(35)15-34-10-8-33(4)9-11-34/h5-6,13-14,17,22,25,36H,7-12,15-16H2,1-4H3,(H,30,31,32)/t22-,25-/m1/s1. The van der Waals surface area contributed by atoms with Crippen molar-refractivity contribution in [1.82, 2.24) is 24.3 Å². The summed E-state index contributed by atoms with van der Waals surface area (Å²) in [5, 5.41) is 14.0. The molecule has 5 rings (SSSR count). The van der Waals surface area contributed by atoms with Gasteiger partial charge < -0.3 is 24.6 Å². The van der Waals surface area contributed by atoms with Crippen LogP contribution >= 0.6 is 0 Å². The van der Waals surface area contributed by atoms with Gasteiger partial charge in [-0.25, -0.2) is 14.4 Å². The predicted octanol–water partition coefficient (Wildman–Crippen LogP) is 2.80. The van der Waals surface area contributed by atoms with Gasteiger partial charge in [-0.2, -0.15) is 0 Å². The molecule has 204 valence electrons. The lowest BCUT2D eigenvalue weighted by molar-refractivity contribution is -0.0136. The number of piperazine rings is 1. The van der Waals surface area contributed by atoms with Gasteiger partial charge in [0.05, 0.1) is 30.5 Å². The summed E-state index contributed by atoms with van der Waals surface area (Å²) in [6.45, 7) is 11.5. The normalized spacial score (nSPS) is 21.3. The summed E-state index contributed by atoms with van der Waals surface area (Å²) >= 11 is 0. The molecule has 0 amide bonds. The van der Waals surface area contributed by atoms with Crippen molar-refractivity contribution in [3.8, 4) is 11.3 Å². The van der Waals surface area contributed by atoms with Crippen LogP contribution in [0.25, 0.3) is 22.2 Å². The summed E-state index contributed by atoms with van der Waals surface area (Å²) in [5.74, 6) is -0.306. The van der Waals surface area contributed by atoms with Crippen LogP contribution in [0.15, 0.2) is 29.2 Å². The Labute approximate surface area is 222 Å². The first-order valence-electron chi connectivity index (χ1n) is 13.4. The highest BCUT2D eigenvalue weighted by atomic mass is 19.1. The Morgan fingerprint density at radius 1 is 1.24 bits per heavy atom. The van der Waals surface area contributed by atoms with Gasteiger partial charge in [0, 0.05) is 67.6 Å². The van der Waals surface area contributed by atoms with E-state index in [1.165, 1.54) is 0 Å². The molecule has 2 aromatic heterocycles. The SMILES string of the molecule is Cc1c(CN2CCN(C)CC2)n(C(C)C)c2cc(-c3nc(N[C@@H]4CCOC[C@H]4O)ncc3F)ccc2c1=O. The molecular formula is C28H37FN6O3. The van der Waals surface area contributed by atoms with Crippen LogP contribution < -0.4 is 10.7 Å². The number of hydrogen-bond acceptors (Lipinski definition) is 8. The molecule has 0 bridgehead atoms. The van der Waals surface area contributed by atoms with Crippen LogP contribution in [0.3, 0.4) is 0 Å². The van der Waals surface area contributed by atoms with Crippen molar-refractivity contribution < 1.29 is 14.2 Å². The molecule has 0 saturated carbocycles. The number of nitrogens with one attached hydrogen (secondary N) is 1. The number of aromatic nitrogens is 3. The molecule has 38 heavy (non-hydrogen) atoms. The largest absolute Gasteiger partial charge is 0.389 e. The fourth-order valence-electron chi connectivity index (χ4n) is 5.43. The van der Waals surface area contributed by atoms with E-state index in [1.807, 2.05) is 13.0 Å². The third-order valence-electron chi connectivity index (χ3n) is 7.71. The monoisotopic (exact) mass is 524 g/mol. The number of likely N-dealkylation sites (N-methyl/N-ethyl adjacent to an activating group) is 1. The van der Waals surface area contributed by atoms with Crippen LogP contribution in [0, 0.1) is 12.7 Å². The van der Waals surface area contributed by atoms with Gasteiger partial charge in [-0.05, 0) is 46.4 Å². The van der Waals surface area contributed by atoms with Gasteiger partial charge in [0.25, 0.3) is 0 Å². The number of aliphatic hydroxyl groups is 1. The van der Waals surface area contributed by atoms with Gasteiger partial charge in [-0.1, -0.05) is 6.07 Å². The number of halogens is 1. The first kappa shape index (κ1) is 26.7. The average molecular weight is 525 g/mol. The summed E-state index contributed by atoms with van der Waals surface area (Å²) in [4.78, 5) is 26.7. The Morgan fingerprint density at radius 3 is 2.71 bits per heavy atom. The lowest BCUT2D eigenvalue weighted by Crippen LogP contribution is -2.44. The van der Waals surface area contributed by atoms with E-state index < -0.39 is 11.9 Å². The summed E-state index contributed by atoms with van der Waals surface area (Å²) in [5.41, 5.74) is 3.24. The van der Waals surface area contributed by atoms with Crippen molar-refractivity contribution in [3.63, 3.8) is 0 Å². The van der Waals surface area contributed by atoms with Crippen LogP contribution in [0.2, 0.25) is 0 Å². The van der Waals surface area contributed by atoms with E-state index >= 15 is 4.39 Å². The van der Waals surface area contributed by atoms with Crippen LogP contribution in [0.5, 0.6) is 0 Å². The highest BCUT2D eigenvalue weighted by molar-refractivity contribution is 5.85. The zero-order valence-corrected chi connectivity index (χ0v) is 22.6. The van der Waals surface area contributed by atoms with Crippen LogP contribution in [0.4, 0.5) is 10.3 Å². The molecule has 0 unspecified atom stereocenters. The Hall–Kier alpha value is -2.92. The van der Waals surface area contributed by atoms with Crippen molar-refractivity contribution in [3.05, 3.63) is 51.7 Å². The summed E-state index contributed by atoms with van der Waals surface area (Å²) in [7, 11) is 2.13. The number of anilines is 1. The Morgan fingerprint density at radius 2 is 2.00 bits per heavy atom. The summed E-state index contributed by atoms with van der Waals surface area (Å²) < 4.78 is 22.5. The maximum absolute atomic E-state index is 15.0. The molecular weight excluding hydrogens is 487 g/mol. The van der Waals surface area contributed by atoms with Crippen LogP contribution in [0.1, 0.15) is 37.6 Å². The summed E-state index contributed by atoms with van der Waals surface area (Å²) in [6.07, 6.45) is 1.05. The molecule has 2 atom stereocenters. The molecule has 10 heteroatoms. The van der Waals surface area contributed by atoms with E-state index in [4.69, 9.17) is 4.74 Å². The molecule has 9 nitrogen and oxygen atoms in total. The smallest absolute Gasteiger partial charge is 0.223 e. The first-order chi connectivity index (χ1) is 18.2. The zero-order valence-electron chi connectivity index (χ0n) is 22.6. The number of pyridine rings is 1. The highest BCUT2D eigenvalue weighted by Gasteiger charge is 2.25. The van der Waals surface area contributed by atoms with Crippen LogP contribution in [-0.4, -0.2) is 88.0 Å². The van der Waals surface area contributed by atoms with Gasteiger partial charge in [-0.15, -0.1) is 0 Å². The number of nitrogens with zero attached hydrogens (tertiary/aromatic N) is 5. The van der Waals surface area contributed by atoms with Gasteiger partial charge in [-0.3, -0.25) is 9.69 Å². The van der Waals surface area contributed by atoms with Gasteiger partial charge in [0.1, 0.15) is 5.69 Å². The van der Waals surface area contributed by atoms with E-state index in [2.05, 4.69) is 50.5 Å². The molecule has 0 aliphatic carbocycles. The molecule has 2 N–H and O–H groups in total. The number of aliphatic hydroxyl groups excluding tert-OH is 1. The minimum Gasteiger partial charge on any atom is -0.389 e. The molecule has 2 saturated heterocycles. The second-order valence-corrected chi connectivity index (χ2v) is 10.7. The van der Waals surface area contributed by atoms with Gasteiger partial charge in [0.2, 0.25) is 5.95 Å². The lowest BCUT2D eigenvalue weighted by atomic mass is 10.0. The molecule has 0 spiro atoms. The van der Waals surface area contributed by atoms with E-state index in [1.54, 1.807) is 12.1 Å². The lowest BCUT2D eigenvalue weighted by Gasteiger charge is -2.34. The number of benzene rings is 1. The quantitative estimate of drug-likeness (QED) is 0.508. The maximum Gasteiger partial charge on any atom is 0.223 e. The third-order valence-corrected chi connectivity index (χ3v) is 7.71.